The highest BCUT2D eigenvalue weighted by Gasteiger charge is 2.24. The van der Waals surface area contributed by atoms with Crippen molar-refractivity contribution in [2.45, 2.75) is 12.3 Å². The van der Waals surface area contributed by atoms with Gasteiger partial charge in [-0.3, -0.25) is 0 Å². The van der Waals surface area contributed by atoms with Gasteiger partial charge < -0.3 is 4.90 Å². The van der Waals surface area contributed by atoms with Crippen LogP contribution >= 0.6 is 15.9 Å². The van der Waals surface area contributed by atoms with Crippen LogP contribution < -0.4 is 0 Å². The summed E-state index contributed by atoms with van der Waals surface area (Å²) in [5.41, 5.74) is 0.909. The Balaban J connectivity index is 2.02. The first-order chi connectivity index (χ1) is 7.74. The molecule has 84 valence electrons. The first-order valence-electron chi connectivity index (χ1n) is 5.43. The summed E-state index contributed by atoms with van der Waals surface area (Å²) in [5.74, 6) is 1.45. The van der Waals surface area contributed by atoms with Crippen LogP contribution in [0.5, 0.6) is 0 Å². The maximum Gasteiger partial charge on any atom is 0.169 e. The number of hydrogen-bond acceptors (Lipinski definition) is 3. The lowest BCUT2D eigenvalue weighted by Gasteiger charge is -2.05. The molecule has 0 aromatic carbocycles. The summed E-state index contributed by atoms with van der Waals surface area (Å²) >= 11 is 3.50. The topological polar surface area (TPSA) is 33.4 Å². The molecule has 1 aliphatic heterocycles. The zero-order valence-electron chi connectivity index (χ0n) is 9.10. The molecule has 1 fully saturated rings. The highest BCUT2D eigenvalue weighted by Crippen LogP contribution is 2.25. The van der Waals surface area contributed by atoms with Crippen molar-refractivity contribution >= 4 is 21.6 Å². The zero-order chi connectivity index (χ0) is 11.1. The van der Waals surface area contributed by atoms with Gasteiger partial charge in [0, 0.05) is 18.7 Å². The Bertz CT molecular complexity index is 522. The Morgan fingerprint density at radius 3 is 3.06 bits per heavy atom. The fourth-order valence-electron chi connectivity index (χ4n) is 2.21. The third-order valence-electron chi connectivity index (χ3n) is 3.09. The van der Waals surface area contributed by atoms with Crippen molar-refractivity contribution < 1.29 is 0 Å². The van der Waals surface area contributed by atoms with Gasteiger partial charge >= 0.3 is 0 Å². The third kappa shape index (κ3) is 1.64. The van der Waals surface area contributed by atoms with Gasteiger partial charge in [-0.2, -0.15) is 5.10 Å². The van der Waals surface area contributed by atoms with Gasteiger partial charge in [0.1, 0.15) is 0 Å². The van der Waals surface area contributed by atoms with E-state index in [1.54, 1.807) is 0 Å². The van der Waals surface area contributed by atoms with E-state index < -0.39 is 0 Å². The molecule has 1 saturated heterocycles. The summed E-state index contributed by atoms with van der Waals surface area (Å²) < 4.78 is 2.85. The van der Waals surface area contributed by atoms with Gasteiger partial charge in [0.05, 0.1) is 4.47 Å². The zero-order valence-corrected chi connectivity index (χ0v) is 10.7. The van der Waals surface area contributed by atoms with Gasteiger partial charge in [0.2, 0.25) is 0 Å². The van der Waals surface area contributed by atoms with Crippen LogP contribution in [-0.2, 0) is 0 Å². The SMILES string of the molecule is CN1CCC(c2nc3c(Br)cccn3n2)C1. The minimum atomic E-state index is 0.483. The van der Waals surface area contributed by atoms with Gasteiger partial charge in [-0.15, -0.1) is 0 Å². The van der Waals surface area contributed by atoms with Crippen LogP contribution in [0.2, 0.25) is 0 Å². The summed E-state index contributed by atoms with van der Waals surface area (Å²) in [6.45, 7) is 2.20. The number of hydrogen-bond donors (Lipinski definition) is 0. The van der Waals surface area contributed by atoms with Gasteiger partial charge in [0.25, 0.3) is 0 Å². The Kier molecular flexibility index (Phi) is 2.44. The lowest BCUT2D eigenvalue weighted by atomic mass is 10.1. The monoisotopic (exact) mass is 280 g/mol. The van der Waals surface area contributed by atoms with Crippen molar-refractivity contribution in [2.24, 2.45) is 0 Å². The van der Waals surface area contributed by atoms with E-state index in [1.165, 1.54) is 0 Å². The summed E-state index contributed by atoms with van der Waals surface area (Å²) in [6, 6.07) is 3.96. The molecule has 5 heteroatoms. The van der Waals surface area contributed by atoms with Crippen LogP contribution in [0, 0.1) is 0 Å². The second-order valence-electron chi connectivity index (χ2n) is 4.34. The van der Waals surface area contributed by atoms with Crippen molar-refractivity contribution in [2.75, 3.05) is 20.1 Å². The molecule has 16 heavy (non-hydrogen) atoms. The number of fused-ring (bicyclic) bond motifs is 1. The van der Waals surface area contributed by atoms with E-state index in [1.807, 2.05) is 22.8 Å². The fraction of sp³-hybridized carbons (Fsp3) is 0.455. The maximum absolute atomic E-state index is 4.61. The standard InChI is InChI=1S/C11H13BrN4/c1-15-6-4-8(7-15)10-13-11-9(12)3-2-5-16(11)14-10/h2-3,5,8H,4,6-7H2,1H3. The number of pyridine rings is 1. The minimum absolute atomic E-state index is 0.483. The average molecular weight is 281 g/mol. The second-order valence-corrected chi connectivity index (χ2v) is 5.20. The predicted molar refractivity (Wildman–Crippen MR) is 65.5 cm³/mol. The van der Waals surface area contributed by atoms with E-state index in [4.69, 9.17) is 0 Å². The van der Waals surface area contributed by atoms with Crippen molar-refractivity contribution in [3.8, 4) is 0 Å². The van der Waals surface area contributed by atoms with Crippen molar-refractivity contribution in [1.82, 2.24) is 19.5 Å². The van der Waals surface area contributed by atoms with Gasteiger partial charge in [0.15, 0.2) is 11.5 Å². The van der Waals surface area contributed by atoms with Crippen LogP contribution in [0.15, 0.2) is 22.8 Å². The molecule has 2 aromatic heterocycles. The summed E-state index contributed by atoms with van der Waals surface area (Å²) in [5, 5.41) is 4.54. The molecule has 0 aliphatic carbocycles. The minimum Gasteiger partial charge on any atom is -0.306 e. The average Bonchev–Trinajstić information content (AvgIpc) is 2.84. The van der Waals surface area contributed by atoms with Crippen molar-refractivity contribution in [1.29, 1.82) is 0 Å². The van der Waals surface area contributed by atoms with Crippen LogP contribution in [0.25, 0.3) is 5.65 Å². The summed E-state index contributed by atoms with van der Waals surface area (Å²) in [6.07, 6.45) is 3.10. The quantitative estimate of drug-likeness (QED) is 0.800. The van der Waals surface area contributed by atoms with Crippen LogP contribution in [-0.4, -0.2) is 39.6 Å². The van der Waals surface area contributed by atoms with E-state index in [-0.39, 0.29) is 0 Å². The summed E-state index contributed by atoms with van der Waals surface area (Å²) in [4.78, 5) is 6.93. The first kappa shape index (κ1) is 10.2. The second kappa shape index (κ2) is 3.82. The van der Waals surface area contributed by atoms with E-state index in [0.29, 0.717) is 5.92 Å². The van der Waals surface area contributed by atoms with Gasteiger partial charge in [-0.1, -0.05) is 0 Å². The van der Waals surface area contributed by atoms with Crippen molar-refractivity contribution in [3.05, 3.63) is 28.6 Å². The smallest absolute Gasteiger partial charge is 0.169 e. The van der Waals surface area contributed by atoms with Crippen LogP contribution in [0.3, 0.4) is 0 Å². The Morgan fingerprint density at radius 1 is 1.50 bits per heavy atom. The Labute approximate surface area is 102 Å². The number of rotatable bonds is 1. The molecule has 4 nitrogen and oxygen atoms in total. The molecule has 3 rings (SSSR count). The molecule has 1 unspecified atom stereocenters. The van der Waals surface area contributed by atoms with E-state index in [9.17, 15) is 0 Å². The summed E-state index contributed by atoms with van der Waals surface area (Å²) in [7, 11) is 2.14. The highest BCUT2D eigenvalue weighted by atomic mass is 79.9. The van der Waals surface area contributed by atoms with E-state index in [2.05, 4.69) is 38.0 Å². The molecule has 3 heterocycles. The molecule has 0 spiro atoms. The largest absolute Gasteiger partial charge is 0.306 e. The van der Waals surface area contributed by atoms with E-state index in [0.717, 1.165) is 35.5 Å². The predicted octanol–water partition coefficient (Wildman–Crippen LogP) is 1.91. The number of aromatic nitrogens is 3. The lowest BCUT2D eigenvalue weighted by molar-refractivity contribution is 0.409. The Hall–Kier alpha value is -0.940. The molecule has 1 aliphatic rings. The maximum atomic E-state index is 4.61. The molecule has 0 bridgehead atoms. The van der Waals surface area contributed by atoms with Crippen LogP contribution in [0.4, 0.5) is 0 Å². The molecule has 0 radical (unpaired) electrons. The molecular formula is C11H13BrN4. The molecule has 1 atom stereocenters. The highest BCUT2D eigenvalue weighted by molar-refractivity contribution is 9.10. The number of likely N-dealkylation sites (tertiary alicyclic amines) is 1. The van der Waals surface area contributed by atoms with Crippen LogP contribution in [0.1, 0.15) is 18.2 Å². The molecule has 2 aromatic rings. The van der Waals surface area contributed by atoms with Gasteiger partial charge in [-0.05, 0) is 48.1 Å². The Morgan fingerprint density at radius 2 is 2.38 bits per heavy atom. The number of halogens is 1. The normalized spacial score (nSPS) is 22.0. The molecule has 0 saturated carbocycles. The lowest BCUT2D eigenvalue weighted by Crippen LogP contribution is -2.13. The third-order valence-corrected chi connectivity index (χ3v) is 3.71. The number of nitrogens with zero attached hydrogens (tertiary/aromatic N) is 4. The molecular weight excluding hydrogens is 268 g/mol. The van der Waals surface area contributed by atoms with Gasteiger partial charge in [-0.25, -0.2) is 9.50 Å². The first-order valence-corrected chi connectivity index (χ1v) is 6.22. The van der Waals surface area contributed by atoms with Crippen molar-refractivity contribution in [3.63, 3.8) is 0 Å². The van der Waals surface area contributed by atoms with E-state index >= 15 is 0 Å². The number of likely N-dealkylation sites (N-methyl/N-ethyl adjacent to an activating group) is 1. The molecule has 0 N–H and O–H groups in total. The fourth-order valence-corrected chi connectivity index (χ4v) is 2.63. The molecule has 0 amide bonds.